The Bertz CT molecular complexity index is 272. The molecule has 0 aliphatic heterocycles. The van der Waals surface area contributed by atoms with Crippen LogP contribution in [-0.4, -0.2) is 19.0 Å². The molecule has 0 saturated carbocycles. The molecule has 0 aromatic heterocycles. The van der Waals surface area contributed by atoms with Crippen molar-refractivity contribution < 1.29 is 0 Å². The molecular formula is C15H26ClP. The Labute approximate surface area is 114 Å². The third kappa shape index (κ3) is 7.06. The van der Waals surface area contributed by atoms with Crippen LogP contribution in [0.25, 0.3) is 0 Å². The molecule has 1 rings (SSSR count). The third-order valence-electron chi connectivity index (χ3n) is 3.19. The summed E-state index contributed by atoms with van der Waals surface area (Å²) in [6, 6.07) is 11.0. The molecular weight excluding hydrogens is 247 g/mol. The molecule has 1 aromatic rings. The Morgan fingerprint density at radius 1 is 1.06 bits per heavy atom. The molecule has 1 atom stereocenters. The van der Waals surface area contributed by atoms with E-state index in [0.717, 1.165) is 5.66 Å². The van der Waals surface area contributed by atoms with Gasteiger partial charge in [-0.3, -0.25) is 0 Å². The van der Waals surface area contributed by atoms with Crippen LogP contribution in [0.4, 0.5) is 0 Å². The Hall–Kier alpha value is -0.0600. The van der Waals surface area contributed by atoms with Crippen molar-refractivity contribution in [1.82, 2.24) is 0 Å². The van der Waals surface area contributed by atoms with Crippen LogP contribution in [0.2, 0.25) is 0 Å². The minimum atomic E-state index is 0. The molecule has 0 spiro atoms. The van der Waals surface area contributed by atoms with E-state index in [1.165, 1.54) is 37.7 Å². The maximum Gasteiger partial charge on any atom is -0.0174 e. The van der Waals surface area contributed by atoms with Gasteiger partial charge in [-0.25, -0.2) is 0 Å². The third-order valence-corrected chi connectivity index (χ3v) is 5.09. The van der Waals surface area contributed by atoms with E-state index in [9.17, 15) is 0 Å². The summed E-state index contributed by atoms with van der Waals surface area (Å²) in [4.78, 5) is 0. The summed E-state index contributed by atoms with van der Waals surface area (Å²) in [6.45, 7) is 7.14. The van der Waals surface area contributed by atoms with Crippen LogP contribution in [-0.2, 0) is 6.42 Å². The summed E-state index contributed by atoms with van der Waals surface area (Å²) < 4.78 is 0. The van der Waals surface area contributed by atoms with Crippen LogP contribution in [0, 0.1) is 0 Å². The lowest BCUT2D eigenvalue weighted by atomic mass is 10.1. The lowest BCUT2D eigenvalue weighted by molar-refractivity contribution is 0.638. The number of rotatable bonds is 7. The second kappa shape index (κ2) is 9.92. The van der Waals surface area contributed by atoms with Gasteiger partial charge in [0, 0.05) is 0 Å². The van der Waals surface area contributed by atoms with Crippen LogP contribution in [0.3, 0.4) is 0 Å². The largest absolute Gasteiger partial charge is 0.147 e. The molecule has 1 unspecified atom stereocenters. The summed E-state index contributed by atoms with van der Waals surface area (Å²) >= 11 is 0. The number of halogens is 1. The van der Waals surface area contributed by atoms with Gasteiger partial charge in [-0.2, -0.15) is 0 Å². The molecule has 0 aliphatic carbocycles. The van der Waals surface area contributed by atoms with Gasteiger partial charge in [0.15, 0.2) is 0 Å². The predicted octanol–water partition coefficient (Wildman–Crippen LogP) is 5.34. The van der Waals surface area contributed by atoms with Gasteiger partial charge in [0.25, 0.3) is 0 Å². The molecule has 0 radical (unpaired) electrons. The Kier molecular flexibility index (Phi) is 9.88. The zero-order chi connectivity index (χ0) is 11.8. The van der Waals surface area contributed by atoms with Gasteiger partial charge >= 0.3 is 0 Å². The first kappa shape index (κ1) is 16.9. The van der Waals surface area contributed by atoms with Gasteiger partial charge in [0.05, 0.1) is 0 Å². The van der Waals surface area contributed by atoms with Gasteiger partial charge in [0.1, 0.15) is 0 Å². The van der Waals surface area contributed by atoms with Gasteiger partial charge < -0.3 is 0 Å². The van der Waals surface area contributed by atoms with Crippen LogP contribution in [0.5, 0.6) is 0 Å². The Morgan fingerprint density at radius 3 is 2.24 bits per heavy atom. The van der Waals surface area contributed by atoms with Gasteiger partial charge in [-0.1, -0.05) is 56.5 Å². The first-order chi connectivity index (χ1) is 7.74. The van der Waals surface area contributed by atoms with Crippen molar-refractivity contribution in [3.63, 3.8) is 0 Å². The van der Waals surface area contributed by atoms with Gasteiger partial charge in [-0.05, 0) is 37.4 Å². The number of unbranched alkanes of at least 4 members (excludes halogenated alkanes) is 2. The fourth-order valence-corrected chi connectivity index (χ4v) is 3.33. The fourth-order valence-electron chi connectivity index (χ4n) is 2.06. The number of hydrogen-bond donors (Lipinski definition) is 0. The molecule has 0 heterocycles. The van der Waals surface area contributed by atoms with Crippen molar-refractivity contribution in [2.75, 3.05) is 13.3 Å². The van der Waals surface area contributed by atoms with E-state index in [1.54, 1.807) is 0 Å². The highest BCUT2D eigenvalue weighted by Gasteiger charge is 2.12. The molecule has 17 heavy (non-hydrogen) atoms. The standard InChI is InChI=1S/C15H25P.ClH/c1-4-5-7-12-15(16(2)3)13-14-10-8-6-9-11-14;/h6,8-11,15H,4-5,7,12-13H2,1-3H3;1H. The topological polar surface area (TPSA) is 0 Å². The van der Waals surface area contributed by atoms with E-state index < -0.39 is 0 Å². The second-order valence-electron chi connectivity index (χ2n) is 4.80. The molecule has 0 bridgehead atoms. The highest BCUT2D eigenvalue weighted by Crippen LogP contribution is 2.37. The van der Waals surface area contributed by atoms with E-state index in [-0.39, 0.29) is 20.3 Å². The molecule has 0 aliphatic rings. The average molecular weight is 273 g/mol. The fraction of sp³-hybridized carbons (Fsp3) is 0.600. The van der Waals surface area contributed by atoms with Crippen LogP contribution in [0.15, 0.2) is 30.3 Å². The average Bonchev–Trinajstić information content (AvgIpc) is 2.29. The minimum absolute atomic E-state index is 0. The van der Waals surface area contributed by atoms with E-state index in [1.807, 2.05) is 0 Å². The first-order valence-corrected chi connectivity index (χ1v) is 8.75. The lowest BCUT2D eigenvalue weighted by Crippen LogP contribution is -2.08. The van der Waals surface area contributed by atoms with E-state index in [4.69, 9.17) is 0 Å². The summed E-state index contributed by atoms with van der Waals surface area (Å²) in [6.07, 6.45) is 6.84. The van der Waals surface area contributed by atoms with Crippen molar-refractivity contribution in [1.29, 1.82) is 0 Å². The number of benzene rings is 1. The molecule has 2 heteroatoms. The Morgan fingerprint density at radius 2 is 1.71 bits per heavy atom. The SMILES string of the molecule is CCCCCC(Cc1ccccc1)P(C)C.Cl. The van der Waals surface area contributed by atoms with Crippen molar-refractivity contribution in [2.45, 2.75) is 44.7 Å². The van der Waals surface area contributed by atoms with E-state index >= 15 is 0 Å². The molecule has 1 aromatic carbocycles. The molecule has 0 N–H and O–H groups in total. The van der Waals surface area contributed by atoms with Crippen LogP contribution >= 0.6 is 20.3 Å². The van der Waals surface area contributed by atoms with Crippen LogP contribution < -0.4 is 0 Å². The maximum atomic E-state index is 2.43. The molecule has 98 valence electrons. The van der Waals surface area contributed by atoms with Gasteiger partial charge in [-0.15, -0.1) is 20.3 Å². The Balaban J connectivity index is 0.00000256. The zero-order valence-corrected chi connectivity index (χ0v) is 13.1. The summed E-state index contributed by atoms with van der Waals surface area (Å²) in [5.41, 5.74) is 2.43. The van der Waals surface area contributed by atoms with Crippen molar-refractivity contribution in [2.24, 2.45) is 0 Å². The van der Waals surface area contributed by atoms with Gasteiger partial charge in [0.2, 0.25) is 0 Å². The molecule has 0 fully saturated rings. The minimum Gasteiger partial charge on any atom is -0.147 e. The van der Waals surface area contributed by atoms with Crippen molar-refractivity contribution in [3.05, 3.63) is 35.9 Å². The quantitative estimate of drug-likeness (QED) is 0.464. The van der Waals surface area contributed by atoms with Crippen LogP contribution in [0.1, 0.15) is 38.2 Å². The van der Waals surface area contributed by atoms with E-state index in [2.05, 4.69) is 50.6 Å². The first-order valence-electron chi connectivity index (χ1n) is 6.44. The summed E-state index contributed by atoms with van der Waals surface area (Å²) in [5, 5.41) is 0. The highest BCUT2D eigenvalue weighted by molar-refractivity contribution is 7.56. The summed E-state index contributed by atoms with van der Waals surface area (Å²) in [7, 11) is 0.196. The second-order valence-corrected chi connectivity index (χ2v) is 7.46. The van der Waals surface area contributed by atoms with Crippen molar-refractivity contribution in [3.8, 4) is 0 Å². The van der Waals surface area contributed by atoms with E-state index in [0.29, 0.717) is 0 Å². The normalized spacial score (nSPS) is 12.2. The highest BCUT2D eigenvalue weighted by atomic mass is 35.5. The van der Waals surface area contributed by atoms with Crippen molar-refractivity contribution >= 4 is 20.3 Å². The maximum absolute atomic E-state index is 2.43. The zero-order valence-electron chi connectivity index (χ0n) is 11.4. The lowest BCUT2D eigenvalue weighted by Gasteiger charge is -2.21. The predicted molar refractivity (Wildman–Crippen MR) is 84.1 cm³/mol. The molecule has 0 saturated heterocycles. The monoisotopic (exact) mass is 272 g/mol. The molecule has 0 amide bonds. The molecule has 0 nitrogen and oxygen atoms in total. The number of hydrogen-bond acceptors (Lipinski definition) is 0. The smallest absolute Gasteiger partial charge is 0.0174 e. The summed E-state index contributed by atoms with van der Waals surface area (Å²) in [5.74, 6) is 0.